The van der Waals surface area contributed by atoms with Crippen LogP contribution in [0.2, 0.25) is 0 Å². The maximum atomic E-state index is 11.4. The molecule has 0 radical (unpaired) electrons. The lowest BCUT2D eigenvalue weighted by atomic mass is 10.1. The molecule has 1 aromatic heterocycles. The Morgan fingerprint density at radius 1 is 1.26 bits per heavy atom. The summed E-state index contributed by atoms with van der Waals surface area (Å²) in [6.07, 6.45) is 0.704. The predicted octanol–water partition coefficient (Wildman–Crippen LogP) is 1.40. The molecule has 0 atom stereocenters. The van der Waals surface area contributed by atoms with Gasteiger partial charge in [0.05, 0.1) is 0 Å². The van der Waals surface area contributed by atoms with Crippen LogP contribution in [-0.2, 0) is 19.5 Å². The summed E-state index contributed by atoms with van der Waals surface area (Å²) in [4.78, 5) is 18.4. The van der Waals surface area contributed by atoms with Crippen molar-refractivity contribution in [2.24, 2.45) is 5.73 Å². The number of anilines is 1. The van der Waals surface area contributed by atoms with Crippen molar-refractivity contribution in [1.29, 1.82) is 0 Å². The van der Waals surface area contributed by atoms with Gasteiger partial charge in [-0.3, -0.25) is 4.79 Å². The second-order valence-corrected chi connectivity index (χ2v) is 4.31. The predicted molar refractivity (Wildman–Crippen MR) is 75.9 cm³/mol. The minimum absolute atomic E-state index is 0.132. The molecule has 4 N–H and O–H groups in total. The lowest BCUT2D eigenvalue weighted by Gasteiger charge is -2.07. The summed E-state index contributed by atoms with van der Waals surface area (Å²) >= 11 is 0. The highest BCUT2D eigenvalue weighted by Gasteiger charge is 2.00. The Morgan fingerprint density at radius 2 is 1.95 bits per heavy atom. The number of aryl methyl sites for hydroxylation is 1. The number of nitrogens with one attached hydrogen (secondary N) is 2. The summed E-state index contributed by atoms with van der Waals surface area (Å²) in [6.45, 7) is 3.13. The molecule has 0 bridgehead atoms. The molecule has 0 spiro atoms. The van der Waals surface area contributed by atoms with Gasteiger partial charge in [0.25, 0.3) is 5.56 Å². The van der Waals surface area contributed by atoms with Crippen LogP contribution < -0.4 is 16.6 Å². The molecule has 1 heterocycles. The molecule has 0 aliphatic carbocycles. The number of aromatic nitrogens is 2. The number of hydrogen-bond donors (Lipinski definition) is 3. The minimum Gasteiger partial charge on any atom is -0.366 e. The van der Waals surface area contributed by atoms with Gasteiger partial charge < -0.3 is 16.0 Å². The van der Waals surface area contributed by atoms with E-state index in [1.165, 1.54) is 6.07 Å². The average molecular weight is 258 g/mol. The zero-order valence-corrected chi connectivity index (χ0v) is 10.9. The molecule has 1 aromatic carbocycles. The lowest BCUT2D eigenvalue weighted by molar-refractivity contribution is 0.914. The molecule has 2 aromatic rings. The smallest absolute Gasteiger partial charge is 0.252 e. The molecular weight excluding hydrogens is 240 g/mol. The third-order valence-electron chi connectivity index (χ3n) is 2.86. The van der Waals surface area contributed by atoms with Crippen molar-refractivity contribution in [2.75, 3.05) is 5.32 Å². The third kappa shape index (κ3) is 3.66. The zero-order chi connectivity index (χ0) is 13.7. The van der Waals surface area contributed by atoms with Crippen LogP contribution in [0.1, 0.15) is 23.9 Å². The second-order valence-electron chi connectivity index (χ2n) is 4.31. The number of nitrogens with two attached hydrogens (primary N) is 1. The van der Waals surface area contributed by atoms with Gasteiger partial charge in [-0.15, -0.1) is 0 Å². The van der Waals surface area contributed by atoms with E-state index in [1.807, 2.05) is 31.2 Å². The van der Waals surface area contributed by atoms with E-state index in [4.69, 9.17) is 5.73 Å². The fraction of sp³-hybridized carbons (Fsp3) is 0.286. The van der Waals surface area contributed by atoms with Crippen molar-refractivity contribution >= 4 is 5.82 Å². The first-order valence-corrected chi connectivity index (χ1v) is 6.33. The Bertz CT molecular complexity index is 589. The molecule has 0 saturated heterocycles. The molecule has 0 aliphatic heterocycles. The lowest BCUT2D eigenvalue weighted by Crippen LogP contribution is -2.13. The number of hydrogen-bond acceptors (Lipinski definition) is 4. The molecule has 19 heavy (non-hydrogen) atoms. The molecule has 0 unspecified atom stereocenters. The van der Waals surface area contributed by atoms with Crippen LogP contribution in [0, 0.1) is 0 Å². The number of nitrogens with zero attached hydrogens (tertiary/aromatic N) is 1. The van der Waals surface area contributed by atoms with Gasteiger partial charge in [0.1, 0.15) is 11.6 Å². The van der Waals surface area contributed by atoms with Gasteiger partial charge in [0.15, 0.2) is 0 Å². The normalized spacial score (nSPS) is 10.4. The Balaban J connectivity index is 2.05. The van der Waals surface area contributed by atoms with E-state index in [0.29, 0.717) is 31.2 Å². The Labute approximate surface area is 111 Å². The monoisotopic (exact) mass is 258 g/mol. The zero-order valence-electron chi connectivity index (χ0n) is 10.9. The maximum absolute atomic E-state index is 11.4. The highest BCUT2D eigenvalue weighted by Crippen LogP contribution is 2.07. The van der Waals surface area contributed by atoms with Crippen molar-refractivity contribution in [3.8, 4) is 0 Å². The largest absolute Gasteiger partial charge is 0.366 e. The first-order valence-electron chi connectivity index (χ1n) is 6.33. The number of H-pyrrole nitrogens is 1. The van der Waals surface area contributed by atoms with Crippen LogP contribution in [-0.4, -0.2) is 9.97 Å². The molecular formula is C14H18N4O. The van der Waals surface area contributed by atoms with Crippen LogP contribution in [0.4, 0.5) is 5.82 Å². The standard InChI is InChI=1S/C14H18N4O/c1-2-12-17-13(7-14(19)18-12)16-9-11-5-3-10(8-15)4-6-11/h3-7H,2,8-9,15H2,1H3,(H2,16,17,18,19). The highest BCUT2D eigenvalue weighted by atomic mass is 16.1. The van der Waals surface area contributed by atoms with Crippen molar-refractivity contribution in [1.82, 2.24) is 9.97 Å². The van der Waals surface area contributed by atoms with E-state index in [2.05, 4.69) is 15.3 Å². The van der Waals surface area contributed by atoms with Crippen LogP contribution in [0.3, 0.4) is 0 Å². The van der Waals surface area contributed by atoms with E-state index in [1.54, 1.807) is 0 Å². The van der Waals surface area contributed by atoms with Gasteiger partial charge in [-0.1, -0.05) is 31.2 Å². The van der Waals surface area contributed by atoms with Crippen molar-refractivity contribution in [2.45, 2.75) is 26.4 Å². The molecule has 0 saturated carbocycles. The van der Waals surface area contributed by atoms with Gasteiger partial charge in [-0.2, -0.15) is 0 Å². The molecule has 0 amide bonds. The van der Waals surface area contributed by atoms with E-state index in [0.717, 1.165) is 11.1 Å². The minimum atomic E-state index is -0.132. The summed E-state index contributed by atoms with van der Waals surface area (Å²) < 4.78 is 0. The molecule has 2 rings (SSSR count). The number of rotatable bonds is 5. The first-order chi connectivity index (χ1) is 9.21. The summed E-state index contributed by atoms with van der Waals surface area (Å²) in [5, 5.41) is 3.15. The van der Waals surface area contributed by atoms with Crippen LogP contribution in [0.15, 0.2) is 35.1 Å². The van der Waals surface area contributed by atoms with Crippen molar-refractivity contribution in [3.63, 3.8) is 0 Å². The van der Waals surface area contributed by atoms with Crippen LogP contribution in [0.5, 0.6) is 0 Å². The topological polar surface area (TPSA) is 83.8 Å². The van der Waals surface area contributed by atoms with Gasteiger partial charge in [-0.25, -0.2) is 4.98 Å². The summed E-state index contributed by atoms with van der Waals surface area (Å²) in [5.74, 6) is 1.29. The molecule has 5 nitrogen and oxygen atoms in total. The van der Waals surface area contributed by atoms with Crippen molar-refractivity contribution in [3.05, 3.63) is 57.6 Å². The van der Waals surface area contributed by atoms with Gasteiger partial charge in [0.2, 0.25) is 0 Å². The number of benzene rings is 1. The quantitative estimate of drug-likeness (QED) is 0.757. The fourth-order valence-electron chi connectivity index (χ4n) is 1.75. The molecule has 100 valence electrons. The second kappa shape index (κ2) is 6.15. The molecule has 0 aliphatic rings. The molecule has 0 fully saturated rings. The highest BCUT2D eigenvalue weighted by molar-refractivity contribution is 5.35. The van der Waals surface area contributed by atoms with E-state index in [-0.39, 0.29) is 5.56 Å². The van der Waals surface area contributed by atoms with Gasteiger partial charge in [-0.05, 0) is 11.1 Å². The SMILES string of the molecule is CCc1nc(NCc2ccc(CN)cc2)cc(=O)[nH]1. The Morgan fingerprint density at radius 3 is 2.58 bits per heavy atom. The van der Waals surface area contributed by atoms with E-state index < -0.39 is 0 Å². The van der Waals surface area contributed by atoms with E-state index in [9.17, 15) is 4.79 Å². The maximum Gasteiger partial charge on any atom is 0.252 e. The van der Waals surface area contributed by atoms with Crippen LogP contribution in [0.25, 0.3) is 0 Å². The van der Waals surface area contributed by atoms with Crippen molar-refractivity contribution < 1.29 is 0 Å². The Kier molecular flexibility index (Phi) is 4.30. The van der Waals surface area contributed by atoms with E-state index >= 15 is 0 Å². The van der Waals surface area contributed by atoms with Gasteiger partial charge in [0, 0.05) is 25.6 Å². The Hall–Kier alpha value is -2.14. The van der Waals surface area contributed by atoms with Gasteiger partial charge >= 0.3 is 0 Å². The summed E-state index contributed by atoms with van der Waals surface area (Å²) in [5.41, 5.74) is 7.64. The summed E-state index contributed by atoms with van der Waals surface area (Å²) in [6, 6.07) is 9.50. The van der Waals surface area contributed by atoms with Crippen LogP contribution >= 0.6 is 0 Å². The number of aromatic amines is 1. The average Bonchev–Trinajstić information content (AvgIpc) is 2.45. The fourth-order valence-corrected chi connectivity index (χ4v) is 1.75. The molecule has 5 heteroatoms. The summed E-state index contributed by atoms with van der Waals surface area (Å²) in [7, 11) is 0. The third-order valence-corrected chi connectivity index (χ3v) is 2.86. The first kappa shape index (κ1) is 13.3.